The molecule has 0 amide bonds. The van der Waals surface area contributed by atoms with Crippen molar-refractivity contribution in [3.63, 3.8) is 0 Å². The summed E-state index contributed by atoms with van der Waals surface area (Å²) in [6.45, 7) is 4.24. The van der Waals surface area contributed by atoms with Gasteiger partial charge in [-0.15, -0.1) is 20.5 Å². The molecule has 9 heterocycles. The van der Waals surface area contributed by atoms with Gasteiger partial charge in [0.1, 0.15) is 11.1 Å². The molecule has 4 aliphatic rings. The number of benzene rings is 7. The highest BCUT2D eigenvalue weighted by Crippen LogP contribution is 2.48. The molecule has 0 aliphatic carbocycles. The van der Waals surface area contributed by atoms with E-state index in [0.29, 0.717) is 0 Å². The molecule has 1 spiro atoms. The Labute approximate surface area is 392 Å². The summed E-state index contributed by atoms with van der Waals surface area (Å²) in [5, 5.41) is 6.91. The summed E-state index contributed by atoms with van der Waals surface area (Å²) >= 11 is 1.92. The Balaban J connectivity index is 0.000000104. The second-order valence-electron chi connectivity index (χ2n) is 18.2. The lowest BCUT2D eigenvalue weighted by Gasteiger charge is -2.18. The summed E-state index contributed by atoms with van der Waals surface area (Å²) in [7, 11) is 0. The van der Waals surface area contributed by atoms with Crippen molar-refractivity contribution in [2.24, 2.45) is 0 Å². The Morgan fingerprint density at radius 2 is 1.15 bits per heavy atom. The van der Waals surface area contributed by atoms with Gasteiger partial charge in [-0.1, -0.05) is 109 Å². The quantitative estimate of drug-likeness (QED) is 0.115. The van der Waals surface area contributed by atoms with E-state index < -0.39 is 5.66 Å². The maximum Gasteiger partial charge on any atom is 0.417 e. The summed E-state index contributed by atoms with van der Waals surface area (Å²) < 4.78 is 12.5. The van der Waals surface area contributed by atoms with E-state index in [4.69, 9.17) is 0 Å². The second kappa shape index (κ2) is 14.7. The number of pyridine rings is 4. The minimum Gasteiger partial charge on any atom is -0.194 e. The van der Waals surface area contributed by atoms with Crippen LogP contribution in [-0.2, 0) is 18.8 Å². The first kappa shape index (κ1) is 38.2. The Hall–Kier alpha value is -8.12. The number of fused-ring (bicyclic) bond motifs is 17. The van der Waals surface area contributed by atoms with Crippen LogP contribution in [0.2, 0.25) is 0 Å². The highest BCUT2D eigenvalue weighted by Gasteiger charge is 2.66. The van der Waals surface area contributed by atoms with Crippen molar-refractivity contribution in [1.82, 2.24) is 0 Å². The maximum absolute atomic E-state index is 2.50. The average Bonchev–Trinajstić information content (AvgIpc) is 4.19. The molecule has 12 aromatic rings. The molecule has 1 unspecified atom stereocenters. The molecule has 0 saturated carbocycles. The van der Waals surface area contributed by atoms with E-state index in [0.717, 1.165) is 13.1 Å². The SMILES string of the molecule is Cc1cc2[n+](cc1-c1ccccc1)C1(c3ccccc3-c3cccc[n+]31)c1ccccc1-2.c1cc2c3c(c1)ccc1ccc[n+](c13)C2.c1cc[n+]2c(c1)-c1c(ccc3c1sc1ccccc13)C2. The zero-order valence-corrected chi connectivity index (χ0v) is 37.8. The third kappa shape index (κ3) is 5.52. The highest BCUT2D eigenvalue weighted by atomic mass is 32.1. The molecule has 0 fully saturated rings. The second-order valence-corrected chi connectivity index (χ2v) is 19.2. The Kier molecular flexibility index (Phi) is 8.37. The number of nitrogens with zero attached hydrogens (tertiary/aromatic N) is 4. The fourth-order valence-corrected chi connectivity index (χ4v) is 13.0. The number of aryl methyl sites for hydroxylation is 1. The van der Waals surface area contributed by atoms with Gasteiger partial charge in [-0.2, -0.15) is 9.13 Å². The van der Waals surface area contributed by atoms with Crippen LogP contribution in [0.5, 0.6) is 0 Å². The van der Waals surface area contributed by atoms with Gasteiger partial charge in [0.25, 0.3) is 0 Å². The minimum atomic E-state index is -0.434. The average molecular weight is 877 g/mol. The fourth-order valence-electron chi connectivity index (χ4n) is 11.7. The van der Waals surface area contributed by atoms with Crippen LogP contribution in [0.15, 0.2) is 225 Å². The monoisotopic (exact) mass is 876 g/mol. The predicted octanol–water partition coefficient (Wildman–Crippen LogP) is 12.5. The van der Waals surface area contributed by atoms with Gasteiger partial charge in [0.2, 0.25) is 22.6 Å². The van der Waals surface area contributed by atoms with E-state index in [2.05, 4.69) is 250 Å². The fraction of sp³-hybridized carbons (Fsp3) is 0.0645. The molecule has 4 aliphatic heterocycles. The van der Waals surface area contributed by atoms with Crippen LogP contribution in [0, 0.1) is 6.92 Å². The van der Waals surface area contributed by atoms with Gasteiger partial charge in [-0.3, -0.25) is 0 Å². The minimum absolute atomic E-state index is 0.434. The molecule has 0 N–H and O–H groups in total. The van der Waals surface area contributed by atoms with Crippen LogP contribution in [0.4, 0.5) is 0 Å². The molecule has 16 rings (SSSR count). The number of hydrogen-bond donors (Lipinski definition) is 0. The van der Waals surface area contributed by atoms with Crippen LogP contribution in [-0.4, -0.2) is 0 Å². The molecule has 7 aromatic carbocycles. The maximum atomic E-state index is 2.50. The van der Waals surface area contributed by atoms with Crippen molar-refractivity contribution in [1.29, 1.82) is 0 Å². The predicted molar refractivity (Wildman–Crippen MR) is 271 cm³/mol. The molecule has 67 heavy (non-hydrogen) atoms. The van der Waals surface area contributed by atoms with Gasteiger partial charge >= 0.3 is 5.66 Å². The van der Waals surface area contributed by atoms with Crippen LogP contribution < -0.4 is 18.3 Å². The first-order valence-electron chi connectivity index (χ1n) is 23.2. The van der Waals surface area contributed by atoms with E-state index in [-0.39, 0.29) is 0 Å². The van der Waals surface area contributed by atoms with Crippen molar-refractivity contribution in [2.45, 2.75) is 25.7 Å². The molecular weight excluding hydrogens is 833 g/mol. The summed E-state index contributed by atoms with van der Waals surface area (Å²) in [5.41, 5.74) is 18.2. The first-order chi connectivity index (χ1) is 33.1. The van der Waals surface area contributed by atoms with E-state index in [1.165, 1.54) is 115 Å². The number of hydrogen-bond acceptors (Lipinski definition) is 1. The lowest BCUT2D eigenvalue weighted by Crippen LogP contribution is -2.71. The van der Waals surface area contributed by atoms with Gasteiger partial charge in [0.15, 0.2) is 37.9 Å². The highest BCUT2D eigenvalue weighted by molar-refractivity contribution is 7.26. The van der Waals surface area contributed by atoms with Gasteiger partial charge < -0.3 is 0 Å². The van der Waals surface area contributed by atoms with Crippen LogP contribution in [0.1, 0.15) is 27.8 Å². The third-order valence-electron chi connectivity index (χ3n) is 14.6. The van der Waals surface area contributed by atoms with Gasteiger partial charge in [0.05, 0.1) is 22.1 Å². The molecule has 4 nitrogen and oxygen atoms in total. The van der Waals surface area contributed by atoms with Gasteiger partial charge in [0, 0.05) is 78.6 Å². The molecule has 5 aromatic heterocycles. The first-order valence-corrected chi connectivity index (χ1v) is 24.0. The number of rotatable bonds is 1. The van der Waals surface area contributed by atoms with Crippen LogP contribution >= 0.6 is 11.3 Å². The summed E-state index contributed by atoms with van der Waals surface area (Å²) in [4.78, 5) is 0. The zero-order chi connectivity index (χ0) is 44.2. The molecule has 5 heteroatoms. The van der Waals surface area contributed by atoms with Crippen LogP contribution in [0.3, 0.4) is 0 Å². The normalized spacial score (nSPS) is 14.9. The van der Waals surface area contributed by atoms with Crippen molar-refractivity contribution in [3.05, 3.63) is 253 Å². The van der Waals surface area contributed by atoms with Crippen molar-refractivity contribution in [2.75, 3.05) is 0 Å². The lowest BCUT2D eigenvalue weighted by atomic mass is 9.90. The summed E-state index contributed by atoms with van der Waals surface area (Å²) in [6, 6.07) is 72.4. The molecule has 0 bridgehead atoms. The van der Waals surface area contributed by atoms with E-state index in [1.54, 1.807) is 0 Å². The van der Waals surface area contributed by atoms with Gasteiger partial charge in [-0.05, 0) is 78.0 Å². The van der Waals surface area contributed by atoms with Crippen molar-refractivity contribution >= 4 is 53.2 Å². The zero-order valence-electron chi connectivity index (χ0n) is 37.0. The molecule has 0 radical (unpaired) electrons. The van der Waals surface area contributed by atoms with Gasteiger partial charge in [-0.25, -0.2) is 0 Å². The Bertz CT molecular complexity index is 3910. The van der Waals surface area contributed by atoms with Crippen molar-refractivity contribution < 1.29 is 18.3 Å². The van der Waals surface area contributed by atoms with E-state index >= 15 is 0 Å². The largest absolute Gasteiger partial charge is 0.417 e. The number of aromatic nitrogens is 4. The standard InChI is InChI=1S/C30H22N2.C18H12NS.C14H10N/c1-21-19-29-24-14-6-8-16-27(24)30(32(29)20-25(21)22-11-3-2-4-12-22)26-15-7-5-13-23(26)28-17-9-10-18-31(28)30;1-2-7-16-13(5-1)14-9-8-12-11-19-10-4-3-6-15(19)17(12)18(14)20-16;1-3-10-6-7-11-5-2-8-15-9-12(4-1)13(10)14(11)15/h2-20H,1H3;1-10H,11H2;1-8H,9H2/q+2;2*+1. The molecular formula is C62H44N4S+4. The smallest absolute Gasteiger partial charge is 0.194 e. The topological polar surface area (TPSA) is 15.5 Å². The Morgan fingerprint density at radius 3 is 2.01 bits per heavy atom. The van der Waals surface area contributed by atoms with E-state index in [1.807, 2.05) is 11.3 Å². The summed E-state index contributed by atoms with van der Waals surface area (Å²) in [6.07, 6.45) is 8.94. The third-order valence-corrected chi connectivity index (χ3v) is 15.8. The molecule has 1 atom stereocenters. The summed E-state index contributed by atoms with van der Waals surface area (Å²) in [5.74, 6) is 0. The number of thiophene rings is 1. The lowest BCUT2D eigenvalue weighted by molar-refractivity contribution is -0.954. The van der Waals surface area contributed by atoms with Crippen molar-refractivity contribution in [3.8, 4) is 44.9 Å². The molecule has 0 saturated heterocycles. The van der Waals surface area contributed by atoms with Crippen LogP contribution in [0.25, 0.3) is 86.7 Å². The Morgan fingerprint density at radius 1 is 0.463 bits per heavy atom. The van der Waals surface area contributed by atoms with E-state index in [9.17, 15) is 0 Å². The molecule has 314 valence electrons.